The number of hydrogen-bond acceptors (Lipinski definition) is 3. The van der Waals surface area contributed by atoms with Gasteiger partial charge in [0.1, 0.15) is 0 Å². The lowest BCUT2D eigenvalue weighted by Gasteiger charge is -2.41. The fraction of sp³-hybridized carbons (Fsp3) is 0.800. The molecule has 106 valence electrons. The Balaban J connectivity index is 1.90. The Hall–Kier alpha value is -0.870. The van der Waals surface area contributed by atoms with Gasteiger partial charge in [-0.25, -0.2) is 0 Å². The first kappa shape index (κ1) is 13.1. The molecule has 2 bridgehead atoms. The first-order valence-electron chi connectivity index (χ1n) is 7.52. The molecule has 0 radical (unpaired) electrons. The number of hydrogen-bond donors (Lipinski definition) is 1. The Bertz CT molecular complexity index is 465. The minimum absolute atomic E-state index is 0.414. The summed E-state index contributed by atoms with van der Waals surface area (Å²) in [6.07, 6.45) is 4.97. The smallest absolute Gasteiger partial charge is 0.0644 e. The molecular weight excluding hydrogens is 236 g/mol. The summed E-state index contributed by atoms with van der Waals surface area (Å²) in [6, 6.07) is 2.25. The molecule has 2 aliphatic rings. The lowest BCUT2D eigenvalue weighted by Crippen LogP contribution is -2.48. The van der Waals surface area contributed by atoms with Crippen LogP contribution in [0, 0.1) is 13.8 Å². The first-order chi connectivity index (χ1) is 8.99. The van der Waals surface area contributed by atoms with Crippen molar-refractivity contribution in [2.75, 3.05) is 0 Å². The predicted molar refractivity (Wildman–Crippen MR) is 77.0 cm³/mol. The van der Waals surface area contributed by atoms with Gasteiger partial charge in [-0.1, -0.05) is 0 Å². The van der Waals surface area contributed by atoms with Crippen molar-refractivity contribution in [1.82, 2.24) is 14.7 Å². The van der Waals surface area contributed by atoms with Gasteiger partial charge in [-0.05, 0) is 46.5 Å². The van der Waals surface area contributed by atoms with E-state index in [1.807, 2.05) is 11.7 Å². The molecule has 0 aliphatic carbocycles. The molecule has 3 unspecified atom stereocenters. The molecule has 0 spiro atoms. The summed E-state index contributed by atoms with van der Waals surface area (Å²) in [6.45, 7) is 6.67. The van der Waals surface area contributed by atoms with E-state index in [4.69, 9.17) is 5.73 Å². The summed E-state index contributed by atoms with van der Waals surface area (Å²) < 4.78 is 2.01. The van der Waals surface area contributed by atoms with Gasteiger partial charge < -0.3 is 5.73 Å². The maximum absolute atomic E-state index is 6.18. The van der Waals surface area contributed by atoms with E-state index in [2.05, 4.69) is 30.8 Å². The summed E-state index contributed by atoms with van der Waals surface area (Å²) in [5, 5.41) is 4.58. The molecule has 3 atom stereocenters. The van der Waals surface area contributed by atoms with E-state index in [9.17, 15) is 0 Å². The third kappa shape index (κ3) is 2.01. The number of aromatic nitrogens is 2. The van der Waals surface area contributed by atoms with E-state index in [-0.39, 0.29) is 0 Å². The molecule has 2 saturated heterocycles. The quantitative estimate of drug-likeness (QED) is 0.887. The van der Waals surface area contributed by atoms with Gasteiger partial charge in [-0.15, -0.1) is 0 Å². The fourth-order valence-electron chi connectivity index (χ4n) is 4.43. The first-order valence-corrected chi connectivity index (χ1v) is 7.52. The van der Waals surface area contributed by atoms with Crippen molar-refractivity contribution in [2.24, 2.45) is 12.8 Å². The zero-order valence-electron chi connectivity index (χ0n) is 12.6. The van der Waals surface area contributed by atoms with Crippen molar-refractivity contribution in [3.63, 3.8) is 0 Å². The molecule has 0 amide bonds. The average Bonchev–Trinajstić information content (AvgIpc) is 2.74. The molecule has 3 rings (SSSR count). The Labute approximate surface area is 116 Å². The minimum Gasteiger partial charge on any atom is -0.328 e. The van der Waals surface area contributed by atoms with Crippen molar-refractivity contribution >= 4 is 0 Å². The molecular formula is C15H26N4. The average molecular weight is 262 g/mol. The van der Waals surface area contributed by atoms with Gasteiger partial charge in [0.15, 0.2) is 0 Å². The molecule has 4 nitrogen and oxygen atoms in total. The molecule has 4 heteroatoms. The molecule has 2 fully saturated rings. The molecule has 19 heavy (non-hydrogen) atoms. The summed E-state index contributed by atoms with van der Waals surface area (Å²) in [5.41, 5.74) is 10.1. The van der Waals surface area contributed by atoms with Crippen molar-refractivity contribution in [1.29, 1.82) is 0 Å². The molecule has 0 aromatic carbocycles. The van der Waals surface area contributed by atoms with E-state index in [0.717, 1.165) is 0 Å². The van der Waals surface area contributed by atoms with Crippen LogP contribution in [0.2, 0.25) is 0 Å². The number of piperidine rings is 1. The highest BCUT2D eigenvalue weighted by molar-refractivity contribution is 5.28. The molecule has 0 saturated carbocycles. The Morgan fingerprint density at radius 2 is 1.79 bits per heavy atom. The van der Waals surface area contributed by atoms with Crippen LogP contribution >= 0.6 is 0 Å². The molecule has 2 N–H and O–H groups in total. The van der Waals surface area contributed by atoms with Gasteiger partial charge in [0.05, 0.1) is 5.69 Å². The third-order valence-corrected chi connectivity index (χ3v) is 5.26. The maximum Gasteiger partial charge on any atom is 0.0644 e. The van der Waals surface area contributed by atoms with Crippen LogP contribution in [0.4, 0.5) is 0 Å². The van der Waals surface area contributed by atoms with Crippen LogP contribution in [-0.2, 0) is 7.05 Å². The summed E-state index contributed by atoms with van der Waals surface area (Å²) in [7, 11) is 2.04. The number of fused-ring (bicyclic) bond motifs is 2. The minimum atomic E-state index is 0.414. The van der Waals surface area contributed by atoms with Gasteiger partial charge in [0.2, 0.25) is 0 Å². The van der Waals surface area contributed by atoms with Crippen molar-refractivity contribution in [2.45, 2.75) is 70.6 Å². The van der Waals surface area contributed by atoms with Crippen LogP contribution in [0.3, 0.4) is 0 Å². The van der Waals surface area contributed by atoms with Gasteiger partial charge in [-0.2, -0.15) is 5.10 Å². The predicted octanol–water partition coefficient (Wildman–Crippen LogP) is 2.05. The number of aryl methyl sites for hydroxylation is 2. The van der Waals surface area contributed by atoms with Gasteiger partial charge in [0, 0.05) is 42.5 Å². The lowest BCUT2D eigenvalue weighted by molar-refractivity contribution is 0.0848. The number of nitrogens with zero attached hydrogens (tertiary/aromatic N) is 3. The van der Waals surface area contributed by atoms with E-state index < -0.39 is 0 Å². The fourth-order valence-corrected chi connectivity index (χ4v) is 4.43. The van der Waals surface area contributed by atoms with Crippen molar-refractivity contribution < 1.29 is 0 Å². The van der Waals surface area contributed by atoms with Crippen molar-refractivity contribution in [3.05, 3.63) is 17.0 Å². The Kier molecular flexibility index (Phi) is 3.18. The highest BCUT2D eigenvalue weighted by Crippen LogP contribution is 2.42. The largest absolute Gasteiger partial charge is 0.328 e. The van der Waals surface area contributed by atoms with Crippen LogP contribution in [-0.4, -0.2) is 32.8 Å². The zero-order valence-corrected chi connectivity index (χ0v) is 12.6. The standard InChI is InChI=1S/C15H26N4/c1-9-15(10(2)18(4)17-9)11(3)19-13-5-6-14(19)8-12(16)7-13/h11-14H,5-8,16H2,1-4H3. The van der Waals surface area contributed by atoms with Crippen LogP contribution in [0.5, 0.6) is 0 Å². The van der Waals surface area contributed by atoms with Crippen molar-refractivity contribution in [3.8, 4) is 0 Å². The highest BCUT2D eigenvalue weighted by atomic mass is 15.3. The highest BCUT2D eigenvalue weighted by Gasteiger charge is 2.42. The third-order valence-electron chi connectivity index (χ3n) is 5.26. The summed E-state index contributed by atoms with van der Waals surface area (Å²) in [5.74, 6) is 0. The lowest BCUT2D eigenvalue weighted by atomic mass is 9.93. The Morgan fingerprint density at radius 3 is 2.26 bits per heavy atom. The van der Waals surface area contributed by atoms with Crippen LogP contribution in [0.25, 0.3) is 0 Å². The summed E-state index contributed by atoms with van der Waals surface area (Å²) >= 11 is 0. The van der Waals surface area contributed by atoms with E-state index in [1.54, 1.807) is 0 Å². The van der Waals surface area contributed by atoms with E-state index in [1.165, 1.54) is 42.6 Å². The van der Waals surface area contributed by atoms with Gasteiger partial charge in [0.25, 0.3) is 0 Å². The SMILES string of the molecule is Cc1nn(C)c(C)c1C(C)N1C2CCC1CC(N)C2. The number of nitrogens with two attached hydrogens (primary N) is 1. The Morgan fingerprint density at radius 1 is 1.21 bits per heavy atom. The summed E-state index contributed by atoms with van der Waals surface area (Å²) in [4.78, 5) is 2.72. The molecule has 2 aliphatic heterocycles. The molecule has 3 heterocycles. The monoisotopic (exact) mass is 262 g/mol. The second-order valence-corrected chi connectivity index (χ2v) is 6.45. The molecule has 1 aromatic rings. The zero-order chi connectivity index (χ0) is 13.7. The van der Waals surface area contributed by atoms with E-state index >= 15 is 0 Å². The van der Waals surface area contributed by atoms with Crippen LogP contribution < -0.4 is 5.73 Å². The molecule has 1 aromatic heterocycles. The van der Waals surface area contributed by atoms with Crippen LogP contribution in [0.1, 0.15) is 55.6 Å². The second-order valence-electron chi connectivity index (χ2n) is 6.45. The number of rotatable bonds is 2. The van der Waals surface area contributed by atoms with E-state index in [0.29, 0.717) is 24.2 Å². The second kappa shape index (κ2) is 4.60. The maximum atomic E-state index is 6.18. The normalized spacial score (nSPS) is 32.8. The van der Waals surface area contributed by atoms with Gasteiger partial charge in [-0.3, -0.25) is 9.58 Å². The van der Waals surface area contributed by atoms with Crippen LogP contribution in [0.15, 0.2) is 0 Å². The topological polar surface area (TPSA) is 47.1 Å². The van der Waals surface area contributed by atoms with Gasteiger partial charge >= 0.3 is 0 Å².